The minimum absolute atomic E-state index is 0.283. The highest BCUT2D eigenvalue weighted by Gasteiger charge is 2.26. The van der Waals surface area contributed by atoms with Gasteiger partial charge in [-0.05, 0) is 6.42 Å². The van der Waals surface area contributed by atoms with Crippen molar-refractivity contribution in [2.75, 3.05) is 13.6 Å². The number of carbonyl (C=O) groups excluding carboxylic acids is 1. The van der Waals surface area contributed by atoms with E-state index in [1.54, 1.807) is 0 Å². The molecule has 1 aliphatic rings. The van der Waals surface area contributed by atoms with Gasteiger partial charge in [-0.15, -0.1) is 0 Å². The summed E-state index contributed by atoms with van der Waals surface area (Å²) in [5, 5.41) is 3.34. The fourth-order valence-corrected chi connectivity index (χ4v) is 1.47. The molecule has 1 rings (SSSR count). The maximum absolute atomic E-state index is 11.1. The molecule has 1 atom stereocenters. The molecule has 12 heavy (non-hydrogen) atoms. The number of hydrogen-bond acceptors (Lipinski definition) is 2. The molecule has 1 amide bonds. The molecule has 0 aromatic rings. The first-order valence-corrected chi connectivity index (χ1v) is 4.60. The monoisotopic (exact) mass is 170 g/mol. The Morgan fingerprint density at radius 2 is 2.33 bits per heavy atom. The van der Waals surface area contributed by atoms with E-state index in [-0.39, 0.29) is 5.91 Å². The lowest BCUT2D eigenvalue weighted by Gasteiger charge is -2.21. The molecule has 70 valence electrons. The molecule has 1 N–H and O–H groups in total. The first-order chi connectivity index (χ1) is 5.61. The Kier molecular flexibility index (Phi) is 3.09. The Morgan fingerprint density at radius 3 is 2.75 bits per heavy atom. The predicted octanol–water partition coefficient (Wildman–Crippen LogP) is 0.605. The summed E-state index contributed by atoms with van der Waals surface area (Å²) in [5.41, 5.74) is 0. The number of nitrogens with zero attached hydrogens (tertiary/aromatic N) is 1. The van der Waals surface area contributed by atoms with Gasteiger partial charge in [0, 0.05) is 32.1 Å². The lowest BCUT2D eigenvalue weighted by molar-refractivity contribution is -0.127. The van der Waals surface area contributed by atoms with Gasteiger partial charge in [0.2, 0.25) is 5.91 Å². The summed E-state index contributed by atoms with van der Waals surface area (Å²) in [7, 11) is 1.89. The Morgan fingerprint density at radius 1 is 1.67 bits per heavy atom. The summed E-state index contributed by atoms with van der Waals surface area (Å²) < 4.78 is 0. The third-order valence-electron chi connectivity index (χ3n) is 2.39. The van der Waals surface area contributed by atoms with Crippen LogP contribution in [0.1, 0.15) is 26.7 Å². The quantitative estimate of drug-likeness (QED) is 0.673. The molecule has 1 heterocycles. The summed E-state index contributed by atoms with van der Waals surface area (Å²) in [6, 6.07) is 0.925. The first-order valence-electron chi connectivity index (χ1n) is 4.60. The van der Waals surface area contributed by atoms with Crippen LogP contribution in [0.3, 0.4) is 0 Å². The molecular formula is C9H18N2O. The van der Waals surface area contributed by atoms with Crippen molar-refractivity contribution in [3.05, 3.63) is 0 Å². The zero-order valence-corrected chi connectivity index (χ0v) is 8.13. The summed E-state index contributed by atoms with van der Waals surface area (Å²) in [4.78, 5) is 13.0. The van der Waals surface area contributed by atoms with Crippen molar-refractivity contribution in [2.45, 2.75) is 38.8 Å². The molecule has 1 fully saturated rings. The second-order valence-electron chi connectivity index (χ2n) is 3.76. The summed E-state index contributed by atoms with van der Waals surface area (Å²) in [6.45, 7) is 5.17. The van der Waals surface area contributed by atoms with E-state index in [0.717, 1.165) is 19.4 Å². The zero-order valence-electron chi connectivity index (χ0n) is 8.13. The minimum atomic E-state index is 0.283. The van der Waals surface area contributed by atoms with E-state index in [0.29, 0.717) is 12.1 Å². The van der Waals surface area contributed by atoms with Gasteiger partial charge in [0.15, 0.2) is 0 Å². The normalized spacial score (nSPS) is 24.2. The number of rotatable bonds is 3. The molecule has 0 radical (unpaired) electrons. The van der Waals surface area contributed by atoms with Gasteiger partial charge >= 0.3 is 0 Å². The van der Waals surface area contributed by atoms with Crippen LogP contribution in [0.5, 0.6) is 0 Å². The van der Waals surface area contributed by atoms with Crippen molar-refractivity contribution in [3.8, 4) is 0 Å². The molecule has 0 bridgehead atoms. The van der Waals surface area contributed by atoms with Crippen molar-refractivity contribution >= 4 is 5.91 Å². The van der Waals surface area contributed by atoms with E-state index in [4.69, 9.17) is 0 Å². The smallest absolute Gasteiger partial charge is 0.222 e. The third kappa shape index (κ3) is 2.21. The zero-order chi connectivity index (χ0) is 9.14. The molecule has 0 aromatic carbocycles. The minimum Gasteiger partial charge on any atom is -0.341 e. The number of carbonyl (C=O) groups is 1. The molecule has 3 nitrogen and oxygen atoms in total. The number of nitrogens with one attached hydrogen (secondary N) is 1. The van der Waals surface area contributed by atoms with Crippen LogP contribution in [0.2, 0.25) is 0 Å². The van der Waals surface area contributed by atoms with E-state index >= 15 is 0 Å². The van der Waals surface area contributed by atoms with Gasteiger partial charge in [-0.2, -0.15) is 0 Å². The van der Waals surface area contributed by atoms with Crippen molar-refractivity contribution in [1.29, 1.82) is 0 Å². The van der Waals surface area contributed by atoms with Crippen molar-refractivity contribution in [3.63, 3.8) is 0 Å². The standard InChI is InChI=1S/C9H18N2O/c1-7(2)10-6-8-4-5-9(12)11(8)3/h7-8,10H,4-6H2,1-3H3. The molecule has 1 saturated heterocycles. The molecule has 0 aromatic heterocycles. The van der Waals surface area contributed by atoms with E-state index in [1.165, 1.54) is 0 Å². The summed E-state index contributed by atoms with van der Waals surface area (Å²) in [6.07, 6.45) is 1.73. The van der Waals surface area contributed by atoms with Crippen LogP contribution in [0, 0.1) is 0 Å². The molecule has 1 unspecified atom stereocenters. The van der Waals surface area contributed by atoms with E-state index in [2.05, 4.69) is 19.2 Å². The Bertz CT molecular complexity index is 168. The van der Waals surface area contributed by atoms with Gasteiger partial charge in [-0.3, -0.25) is 4.79 Å². The van der Waals surface area contributed by atoms with Gasteiger partial charge in [-0.1, -0.05) is 13.8 Å². The largest absolute Gasteiger partial charge is 0.341 e. The van der Waals surface area contributed by atoms with E-state index in [1.807, 2.05) is 11.9 Å². The highest BCUT2D eigenvalue weighted by molar-refractivity contribution is 5.78. The lowest BCUT2D eigenvalue weighted by atomic mass is 10.2. The van der Waals surface area contributed by atoms with Crippen LogP contribution in [-0.4, -0.2) is 36.5 Å². The highest BCUT2D eigenvalue weighted by atomic mass is 16.2. The van der Waals surface area contributed by atoms with Gasteiger partial charge in [0.25, 0.3) is 0 Å². The molecule has 1 aliphatic heterocycles. The summed E-state index contributed by atoms with van der Waals surface area (Å²) >= 11 is 0. The van der Waals surface area contributed by atoms with Gasteiger partial charge < -0.3 is 10.2 Å². The predicted molar refractivity (Wildman–Crippen MR) is 48.9 cm³/mol. The average molecular weight is 170 g/mol. The van der Waals surface area contributed by atoms with Gasteiger partial charge in [0.1, 0.15) is 0 Å². The Hall–Kier alpha value is -0.570. The number of hydrogen-bond donors (Lipinski definition) is 1. The molecule has 0 aliphatic carbocycles. The van der Waals surface area contributed by atoms with Crippen molar-refractivity contribution < 1.29 is 4.79 Å². The maximum Gasteiger partial charge on any atom is 0.222 e. The second kappa shape index (κ2) is 3.90. The first kappa shape index (κ1) is 9.52. The number of likely N-dealkylation sites (N-methyl/N-ethyl adjacent to an activating group) is 1. The van der Waals surface area contributed by atoms with Crippen LogP contribution >= 0.6 is 0 Å². The number of amides is 1. The van der Waals surface area contributed by atoms with Crippen molar-refractivity contribution in [1.82, 2.24) is 10.2 Å². The number of likely N-dealkylation sites (tertiary alicyclic amines) is 1. The topological polar surface area (TPSA) is 32.3 Å². The van der Waals surface area contributed by atoms with E-state index < -0.39 is 0 Å². The molecule has 0 spiro atoms. The van der Waals surface area contributed by atoms with E-state index in [9.17, 15) is 4.79 Å². The molecular weight excluding hydrogens is 152 g/mol. The fourth-order valence-electron chi connectivity index (χ4n) is 1.47. The van der Waals surface area contributed by atoms with Crippen LogP contribution in [0.15, 0.2) is 0 Å². The van der Waals surface area contributed by atoms with Crippen LogP contribution in [0.25, 0.3) is 0 Å². The SMILES string of the molecule is CC(C)NCC1CCC(=O)N1C. The molecule has 3 heteroatoms. The average Bonchev–Trinajstić information content (AvgIpc) is 2.30. The second-order valence-corrected chi connectivity index (χ2v) is 3.76. The summed E-state index contributed by atoms with van der Waals surface area (Å²) in [5.74, 6) is 0.283. The highest BCUT2D eigenvalue weighted by Crippen LogP contribution is 2.15. The Balaban J connectivity index is 2.29. The van der Waals surface area contributed by atoms with Crippen LogP contribution in [-0.2, 0) is 4.79 Å². The lowest BCUT2D eigenvalue weighted by Crippen LogP contribution is -2.39. The van der Waals surface area contributed by atoms with Gasteiger partial charge in [0.05, 0.1) is 0 Å². The van der Waals surface area contributed by atoms with Crippen LogP contribution < -0.4 is 5.32 Å². The Labute approximate surface area is 74.1 Å². The van der Waals surface area contributed by atoms with Crippen molar-refractivity contribution in [2.24, 2.45) is 0 Å². The third-order valence-corrected chi connectivity index (χ3v) is 2.39. The van der Waals surface area contributed by atoms with Crippen LogP contribution in [0.4, 0.5) is 0 Å². The molecule has 0 saturated carbocycles. The maximum atomic E-state index is 11.1. The fraction of sp³-hybridized carbons (Fsp3) is 0.889. The van der Waals surface area contributed by atoms with Gasteiger partial charge in [-0.25, -0.2) is 0 Å².